The van der Waals surface area contributed by atoms with Gasteiger partial charge < -0.3 is 14.6 Å². The van der Waals surface area contributed by atoms with Crippen LogP contribution < -0.4 is 0 Å². The smallest absolute Gasteiger partial charge is 0.325 e. The minimum absolute atomic E-state index is 0.00379. The maximum atomic E-state index is 11.0. The summed E-state index contributed by atoms with van der Waals surface area (Å²) in [5, 5.41) is 9.00. The predicted molar refractivity (Wildman–Crippen MR) is 85.4 cm³/mol. The van der Waals surface area contributed by atoms with Crippen LogP contribution in [0.3, 0.4) is 0 Å². The van der Waals surface area contributed by atoms with Crippen LogP contribution in [-0.4, -0.2) is 41.7 Å². The summed E-state index contributed by atoms with van der Waals surface area (Å²) in [6, 6.07) is 0. The molecule has 7 nitrogen and oxygen atoms in total. The quantitative estimate of drug-likeness (QED) is 0.769. The second-order valence-corrected chi connectivity index (χ2v) is 8.71. The van der Waals surface area contributed by atoms with E-state index >= 15 is 0 Å². The first kappa shape index (κ1) is 16.0. The van der Waals surface area contributed by atoms with Crippen molar-refractivity contribution in [2.45, 2.75) is 64.6 Å². The number of carboxylic acids is 1. The van der Waals surface area contributed by atoms with Gasteiger partial charge in [0.15, 0.2) is 5.90 Å². The number of rotatable bonds is 2. The first-order chi connectivity index (χ1) is 11.8. The van der Waals surface area contributed by atoms with E-state index in [0.717, 1.165) is 25.7 Å². The summed E-state index contributed by atoms with van der Waals surface area (Å²) < 4.78 is 12.4. The number of carbonyl (C=O) groups is 1. The molecule has 1 N–H and O–H groups in total. The summed E-state index contributed by atoms with van der Waals surface area (Å²) in [5.41, 5.74) is -0.123. The second-order valence-electron chi connectivity index (χ2n) is 8.71. The van der Waals surface area contributed by atoms with Crippen LogP contribution >= 0.6 is 0 Å². The molecule has 0 aromatic rings. The molecule has 3 aliphatic carbocycles. The fourth-order valence-corrected chi connectivity index (χ4v) is 6.64. The van der Waals surface area contributed by atoms with Crippen LogP contribution in [0.25, 0.3) is 0 Å². The molecule has 3 heterocycles. The van der Waals surface area contributed by atoms with Gasteiger partial charge in [-0.2, -0.15) is 0 Å². The van der Waals surface area contributed by atoms with Gasteiger partial charge in [0.05, 0.1) is 0 Å². The van der Waals surface area contributed by atoms with Crippen molar-refractivity contribution < 1.29 is 29.1 Å². The first-order valence-corrected chi connectivity index (χ1v) is 9.28. The highest BCUT2D eigenvalue weighted by Crippen LogP contribution is 2.79. The molecule has 5 unspecified atom stereocenters. The third kappa shape index (κ3) is 1.72. The van der Waals surface area contributed by atoms with Gasteiger partial charge in [0.25, 0.3) is 0 Å². The number of ether oxygens (including phenoxy) is 2. The van der Waals surface area contributed by atoms with E-state index in [2.05, 4.69) is 18.8 Å². The van der Waals surface area contributed by atoms with Gasteiger partial charge in [-0.25, -0.2) is 14.8 Å². The standard InChI is InChI=1S/C18H25NO6/c1-9-4-5-18-10(2)13(19-8-11(20)21)22-14-12(18)17(9)7-6-16(3,23-14)25-24-15(17)18/h9-10,12,14-15H,4-8H2,1-3H3,(H,20,21)/t9-,10+,12?,14-,15?,16?,17?,18?/m1/s1. The Morgan fingerprint density at radius 3 is 2.84 bits per heavy atom. The average Bonchev–Trinajstić information content (AvgIpc) is 2.74. The number of aliphatic carboxylic acids is 1. The zero-order valence-electron chi connectivity index (χ0n) is 14.9. The molecule has 8 atom stereocenters. The molecular weight excluding hydrogens is 326 g/mol. The van der Waals surface area contributed by atoms with E-state index in [0.29, 0.717) is 11.8 Å². The SMILES string of the molecule is C[C@@H]1CCC23C4OOC5(C)CCC41C2[C@H](OC(=NCC(=O)O)[C@@H]3C)O5. The number of aliphatic imine (C=N–C) groups is 1. The number of hydrogen-bond acceptors (Lipinski definition) is 6. The van der Waals surface area contributed by atoms with E-state index < -0.39 is 18.0 Å². The van der Waals surface area contributed by atoms with Crippen LogP contribution in [0.5, 0.6) is 0 Å². The van der Waals surface area contributed by atoms with Gasteiger partial charge in [-0.3, -0.25) is 4.79 Å². The summed E-state index contributed by atoms with van der Waals surface area (Å²) >= 11 is 0. The number of carboxylic acid groups (broad SMARTS) is 1. The fraction of sp³-hybridized carbons (Fsp3) is 0.889. The van der Waals surface area contributed by atoms with Crippen LogP contribution in [0.1, 0.15) is 46.5 Å². The minimum atomic E-state index is -0.960. The molecule has 138 valence electrons. The average molecular weight is 351 g/mol. The topological polar surface area (TPSA) is 86.6 Å². The molecule has 3 aliphatic heterocycles. The van der Waals surface area contributed by atoms with Gasteiger partial charge in [0.1, 0.15) is 12.6 Å². The summed E-state index contributed by atoms with van der Waals surface area (Å²) in [7, 11) is 0. The van der Waals surface area contributed by atoms with Crippen molar-refractivity contribution in [3.05, 3.63) is 0 Å². The molecule has 25 heavy (non-hydrogen) atoms. The van der Waals surface area contributed by atoms with Crippen molar-refractivity contribution in [2.75, 3.05) is 6.54 Å². The zero-order chi connectivity index (χ0) is 17.6. The van der Waals surface area contributed by atoms with E-state index in [1.165, 1.54) is 0 Å². The van der Waals surface area contributed by atoms with Gasteiger partial charge in [-0.15, -0.1) is 0 Å². The maximum Gasteiger partial charge on any atom is 0.325 e. The third-order valence-corrected chi connectivity index (χ3v) is 7.82. The van der Waals surface area contributed by atoms with Crippen molar-refractivity contribution in [1.82, 2.24) is 0 Å². The van der Waals surface area contributed by atoms with Crippen LogP contribution in [-0.2, 0) is 24.0 Å². The highest BCUT2D eigenvalue weighted by Gasteiger charge is 2.83. The molecular formula is C18H25NO6. The van der Waals surface area contributed by atoms with E-state index in [1.54, 1.807) is 0 Å². The largest absolute Gasteiger partial charge is 0.480 e. The van der Waals surface area contributed by atoms with E-state index in [1.807, 2.05) is 6.92 Å². The lowest BCUT2D eigenvalue weighted by Crippen LogP contribution is -2.81. The van der Waals surface area contributed by atoms with Gasteiger partial charge >= 0.3 is 5.97 Å². The minimum Gasteiger partial charge on any atom is -0.480 e. The summed E-state index contributed by atoms with van der Waals surface area (Å²) in [4.78, 5) is 27.0. The lowest BCUT2D eigenvalue weighted by Gasteiger charge is -2.76. The van der Waals surface area contributed by atoms with Gasteiger partial charge in [-0.05, 0) is 32.1 Å². The lowest BCUT2D eigenvalue weighted by molar-refractivity contribution is -0.540. The molecule has 0 aromatic heterocycles. The summed E-state index contributed by atoms with van der Waals surface area (Å²) in [6.45, 7) is 6.00. The molecule has 3 bridgehead atoms. The van der Waals surface area contributed by atoms with Gasteiger partial charge in [0.2, 0.25) is 12.1 Å². The molecule has 3 saturated heterocycles. The van der Waals surface area contributed by atoms with Crippen molar-refractivity contribution >= 4 is 11.9 Å². The number of nitrogens with zero attached hydrogens (tertiary/aromatic N) is 1. The van der Waals surface area contributed by atoms with Crippen LogP contribution in [0.2, 0.25) is 0 Å². The highest BCUT2D eigenvalue weighted by atomic mass is 17.2. The van der Waals surface area contributed by atoms with Gasteiger partial charge in [-0.1, -0.05) is 13.8 Å². The normalized spacial score (nSPS) is 57.2. The van der Waals surface area contributed by atoms with Crippen molar-refractivity contribution in [3.8, 4) is 0 Å². The monoisotopic (exact) mass is 351 g/mol. The van der Waals surface area contributed by atoms with Gasteiger partial charge in [0, 0.05) is 29.1 Å². The summed E-state index contributed by atoms with van der Waals surface area (Å²) in [6.07, 6.45) is 3.47. The molecule has 6 aliphatic rings. The Bertz CT molecular complexity index is 666. The third-order valence-electron chi connectivity index (χ3n) is 7.82. The molecule has 6 fully saturated rings. The molecule has 0 radical (unpaired) electrons. The Balaban J connectivity index is 1.63. The molecule has 7 heteroatoms. The van der Waals surface area contributed by atoms with Crippen LogP contribution in [0.15, 0.2) is 4.99 Å². The lowest BCUT2D eigenvalue weighted by atomic mass is 9.31. The molecule has 3 saturated carbocycles. The Morgan fingerprint density at radius 2 is 2.08 bits per heavy atom. The molecule has 2 spiro atoms. The van der Waals surface area contributed by atoms with E-state index in [4.69, 9.17) is 24.4 Å². The Kier molecular flexibility index (Phi) is 3.05. The van der Waals surface area contributed by atoms with Crippen molar-refractivity contribution in [3.63, 3.8) is 0 Å². The molecule has 0 amide bonds. The van der Waals surface area contributed by atoms with Crippen LogP contribution in [0.4, 0.5) is 0 Å². The van der Waals surface area contributed by atoms with Crippen molar-refractivity contribution in [2.24, 2.45) is 33.6 Å². The Labute approximate surface area is 146 Å². The van der Waals surface area contributed by atoms with Crippen molar-refractivity contribution in [1.29, 1.82) is 0 Å². The highest BCUT2D eigenvalue weighted by molar-refractivity contribution is 5.83. The fourth-order valence-electron chi connectivity index (χ4n) is 6.64. The molecule has 0 aromatic carbocycles. The van der Waals surface area contributed by atoms with E-state index in [9.17, 15) is 4.79 Å². The zero-order valence-corrected chi connectivity index (χ0v) is 14.9. The number of fused-ring (bicyclic) bond motifs is 4. The maximum absolute atomic E-state index is 11.0. The molecule has 6 rings (SSSR count). The number of hydrogen-bond donors (Lipinski definition) is 1. The van der Waals surface area contributed by atoms with Crippen LogP contribution in [0, 0.1) is 28.6 Å². The first-order valence-electron chi connectivity index (χ1n) is 9.28. The van der Waals surface area contributed by atoms with E-state index in [-0.39, 0.29) is 35.3 Å². The summed E-state index contributed by atoms with van der Waals surface area (Å²) in [5.74, 6) is -0.530. The Morgan fingerprint density at radius 1 is 1.28 bits per heavy atom. The predicted octanol–water partition coefficient (Wildman–Crippen LogP) is 2.35. The second kappa shape index (κ2) is 4.75. The Hall–Kier alpha value is -1.18.